The summed E-state index contributed by atoms with van der Waals surface area (Å²) in [5.41, 5.74) is 2.16. The topological polar surface area (TPSA) is 22.1 Å². The van der Waals surface area contributed by atoms with Gasteiger partial charge in [-0.3, -0.25) is 4.98 Å². The number of nitrogens with zero attached hydrogens (tertiary/aromatic N) is 1. The highest BCUT2D eigenvalue weighted by molar-refractivity contribution is 9.08. The molecule has 1 rings (SSSR count). The Hall–Kier alpha value is -0.570. The van der Waals surface area contributed by atoms with Gasteiger partial charge < -0.3 is 4.74 Å². The van der Waals surface area contributed by atoms with Gasteiger partial charge in [-0.2, -0.15) is 0 Å². The second-order valence-corrected chi connectivity index (χ2v) is 3.04. The molecule has 0 fully saturated rings. The van der Waals surface area contributed by atoms with Crippen LogP contribution in [0.5, 0.6) is 5.75 Å². The molecule has 66 valence electrons. The normalized spacial score (nSPS) is 9.92. The van der Waals surface area contributed by atoms with Crippen molar-refractivity contribution in [1.29, 1.82) is 0 Å². The van der Waals surface area contributed by atoms with E-state index in [4.69, 9.17) is 4.74 Å². The first-order chi connectivity index (χ1) is 5.81. The number of aryl methyl sites for hydroxylation is 1. The van der Waals surface area contributed by atoms with E-state index in [2.05, 4.69) is 27.8 Å². The number of methoxy groups -OCH3 is 1. The molecule has 3 heteroatoms. The fraction of sp³-hybridized carbons (Fsp3) is 0.444. The predicted molar refractivity (Wildman–Crippen MR) is 52.8 cm³/mol. The summed E-state index contributed by atoms with van der Waals surface area (Å²) in [5, 5.41) is 0.771. The average molecular weight is 230 g/mol. The van der Waals surface area contributed by atoms with Crippen LogP contribution in [-0.4, -0.2) is 12.1 Å². The fourth-order valence-electron chi connectivity index (χ4n) is 1.03. The fourth-order valence-corrected chi connectivity index (χ4v) is 1.34. The minimum atomic E-state index is 0.771. The van der Waals surface area contributed by atoms with Gasteiger partial charge in [0.2, 0.25) is 0 Å². The Morgan fingerprint density at radius 3 is 2.83 bits per heavy atom. The smallest absolute Gasteiger partial charge is 0.125 e. The Balaban J connectivity index is 3.02. The molecule has 0 spiro atoms. The van der Waals surface area contributed by atoms with Gasteiger partial charge in [0, 0.05) is 23.2 Å². The summed E-state index contributed by atoms with van der Waals surface area (Å²) in [6.07, 6.45) is 2.83. The summed E-state index contributed by atoms with van der Waals surface area (Å²) < 4.78 is 5.22. The van der Waals surface area contributed by atoms with Gasteiger partial charge in [-0.1, -0.05) is 22.9 Å². The van der Waals surface area contributed by atoms with Gasteiger partial charge in [0.15, 0.2) is 0 Å². The van der Waals surface area contributed by atoms with Gasteiger partial charge in [-0.15, -0.1) is 0 Å². The van der Waals surface area contributed by atoms with Crippen molar-refractivity contribution < 1.29 is 4.74 Å². The highest BCUT2D eigenvalue weighted by Crippen LogP contribution is 2.19. The SMILES string of the molecule is CCc1cnc(CBr)cc1OC. The van der Waals surface area contributed by atoms with Gasteiger partial charge in [0.25, 0.3) is 0 Å². The molecule has 0 N–H and O–H groups in total. The van der Waals surface area contributed by atoms with Crippen LogP contribution in [0.3, 0.4) is 0 Å². The number of alkyl halides is 1. The Morgan fingerprint density at radius 1 is 1.58 bits per heavy atom. The molecule has 1 heterocycles. The molecular weight excluding hydrogens is 218 g/mol. The molecule has 0 atom stereocenters. The molecule has 12 heavy (non-hydrogen) atoms. The number of halogens is 1. The second-order valence-electron chi connectivity index (χ2n) is 2.47. The first kappa shape index (κ1) is 9.52. The molecule has 0 aliphatic rings. The molecule has 0 radical (unpaired) electrons. The van der Waals surface area contributed by atoms with Crippen molar-refractivity contribution in [2.24, 2.45) is 0 Å². The molecule has 0 saturated carbocycles. The van der Waals surface area contributed by atoms with Crippen LogP contribution in [-0.2, 0) is 11.8 Å². The Bertz CT molecular complexity index is 263. The van der Waals surface area contributed by atoms with Crippen molar-refractivity contribution >= 4 is 15.9 Å². The van der Waals surface area contributed by atoms with Gasteiger partial charge in [-0.25, -0.2) is 0 Å². The van der Waals surface area contributed by atoms with Gasteiger partial charge >= 0.3 is 0 Å². The van der Waals surface area contributed by atoms with Crippen LogP contribution in [0.4, 0.5) is 0 Å². The third-order valence-corrected chi connectivity index (χ3v) is 2.31. The Kier molecular flexibility index (Phi) is 3.53. The lowest BCUT2D eigenvalue weighted by Crippen LogP contribution is -1.94. The molecule has 0 aliphatic heterocycles. The van der Waals surface area contributed by atoms with E-state index in [9.17, 15) is 0 Å². The van der Waals surface area contributed by atoms with Crippen LogP contribution in [0.1, 0.15) is 18.2 Å². The highest BCUT2D eigenvalue weighted by Gasteiger charge is 2.02. The number of rotatable bonds is 3. The second kappa shape index (κ2) is 4.45. The van der Waals surface area contributed by atoms with Crippen molar-refractivity contribution in [2.45, 2.75) is 18.7 Å². The van der Waals surface area contributed by atoms with Gasteiger partial charge in [0.1, 0.15) is 5.75 Å². The summed E-state index contributed by atoms with van der Waals surface area (Å²) >= 11 is 3.35. The standard InChI is InChI=1S/C9H12BrNO/c1-3-7-6-11-8(5-10)4-9(7)12-2/h4,6H,3,5H2,1-2H3. The van der Waals surface area contributed by atoms with Gasteiger partial charge in [-0.05, 0) is 6.42 Å². The van der Waals surface area contributed by atoms with Crippen molar-refractivity contribution in [3.8, 4) is 5.75 Å². The zero-order valence-electron chi connectivity index (χ0n) is 7.30. The summed E-state index contributed by atoms with van der Waals surface area (Å²) in [5.74, 6) is 0.932. The van der Waals surface area contributed by atoms with E-state index in [1.54, 1.807) is 7.11 Å². The molecule has 1 aromatic rings. The molecule has 0 aliphatic carbocycles. The van der Waals surface area contributed by atoms with Crippen molar-refractivity contribution in [3.05, 3.63) is 23.5 Å². The molecule has 1 aromatic heterocycles. The van der Waals surface area contributed by atoms with E-state index in [0.29, 0.717) is 0 Å². The Morgan fingerprint density at radius 2 is 2.33 bits per heavy atom. The quantitative estimate of drug-likeness (QED) is 0.744. The molecule has 0 bridgehead atoms. The molecule has 0 aromatic carbocycles. The van der Waals surface area contributed by atoms with E-state index < -0.39 is 0 Å². The van der Waals surface area contributed by atoms with E-state index in [0.717, 1.165) is 28.8 Å². The average Bonchev–Trinajstić information content (AvgIpc) is 2.16. The lowest BCUT2D eigenvalue weighted by molar-refractivity contribution is 0.409. The maximum absolute atomic E-state index is 5.22. The number of aromatic nitrogens is 1. The maximum atomic E-state index is 5.22. The summed E-state index contributed by atoms with van der Waals surface area (Å²) in [7, 11) is 1.69. The lowest BCUT2D eigenvalue weighted by Gasteiger charge is -2.06. The van der Waals surface area contributed by atoms with Gasteiger partial charge in [0.05, 0.1) is 12.8 Å². The van der Waals surface area contributed by atoms with Crippen LogP contribution < -0.4 is 4.74 Å². The van der Waals surface area contributed by atoms with Crippen molar-refractivity contribution in [2.75, 3.05) is 7.11 Å². The lowest BCUT2D eigenvalue weighted by atomic mass is 10.2. The number of pyridine rings is 1. The third-order valence-electron chi connectivity index (χ3n) is 1.74. The molecule has 0 unspecified atom stereocenters. The van der Waals surface area contributed by atoms with E-state index in [1.165, 1.54) is 0 Å². The number of hydrogen-bond acceptors (Lipinski definition) is 2. The first-order valence-corrected chi connectivity index (χ1v) is 5.01. The van der Waals surface area contributed by atoms with E-state index >= 15 is 0 Å². The monoisotopic (exact) mass is 229 g/mol. The van der Waals surface area contributed by atoms with Crippen LogP contribution in [0.25, 0.3) is 0 Å². The highest BCUT2D eigenvalue weighted by atomic mass is 79.9. The largest absolute Gasteiger partial charge is 0.496 e. The van der Waals surface area contributed by atoms with Crippen LogP contribution in [0.2, 0.25) is 0 Å². The van der Waals surface area contributed by atoms with Crippen LogP contribution >= 0.6 is 15.9 Å². The minimum absolute atomic E-state index is 0.771. The van der Waals surface area contributed by atoms with Crippen molar-refractivity contribution in [3.63, 3.8) is 0 Å². The van der Waals surface area contributed by atoms with Crippen LogP contribution in [0.15, 0.2) is 12.3 Å². The Labute approximate surface area is 81.1 Å². The number of ether oxygens (including phenoxy) is 1. The van der Waals surface area contributed by atoms with Crippen LogP contribution in [0, 0.1) is 0 Å². The maximum Gasteiger partial charge on any atom is 0.125 e. The third kappa shape index (κ3) is 1.97. The minimum Gasteiger partial charge on any atom is -0.496 e. The van der Waals surface area contributed by atoms with Crippen molar-refractivity contribution in [1.82, 2.24) is 4.98 Å². The number of hydrogen-bond donors (Lipinski definition) is 0. The molecule has 2 nitrogen and oxygen atoms in total. The zero-order valence-corrected chi connectivity index (χ0v) is 8.89. The predicted octanol–water partition coefficient (Wildman–Crippen LogP) is 2.55. The molecule has 0 amide bonds. The first-order valence-electron chi connectivity index (χ1n) is 3.89. The molecular formula is C9H12BrNO. The zero-order chi connectivity index (χ0) is 8.97. The van der Waals surface area contributed by atoms with E-state index in [1.807, 2.05) is 12.3 Å². The summed E-state index contributed by atoms with van der Waals surface area (Å²) in [6.45, 7) is 2.09. The summed E-state index contributed by atoms with van der Waals surface area (Å²) in [6, 6.07) is 1.97. The summed E-state index contributed by atoms with van der Waals surface area (Å²) in [4.78, 5) is 4.25. The van der Waals surface area contributed by atoms with E-state index in [-0.39, 0.29) is 0 Å². The molecule has 0 saturated heterocycles.